The summed E-state index contributed by atoms with van der Waals surface area (Å²) in [6.45, 7) is 4.28. The van der Waals surface area contributed by atoms with Gasteiger partial charge in [-0.1, -0.05) is 133 Å². The molecule has 0 aliphatic heterocycles. The van der Waals surface area contributed by atoms with Crippen LogP contribution in [-0.4, -0.2) is 9.55 Å². The van der Waals surface area contributed by atoms with Crippen molar-refractivity contribution in [1.29, 1.82) is 0 Å². The largest absolute Gasteiger partial charge is 0.436 e. The highest BCUT2D eigenvalue weighted by molar-refractivity contribution is 6.11. The topological polar surface area (TPSA) is 31.0 Å². The highest BCUT2D eigenvalue weighted by atomic mass is 16.3. The fourth-order valence-corrected chi connectivity index (χ4v) is 8.08. The predicted molar refractivity (Wildman–Crippen MR) is 225 cm³/mol. The van der Waals surface area contributed by atoms with E-state index in [9.17, 15) is 0 Å². The number of nitrogens with zero attached hydrogens (tertiary/aromatic N) is 2. The summed E-state index contributed by atoms with van der Waals surface area (Å²) in [5.74, 6) is 0.622. The van der Waals surface area contributed by atoms with Gasteiger partial charge < -0.3 is 8.98 Å². The zero-order valence-electron chi connectivity index (χ0n) is 30.1. The van der Waals surface area contributed by atoms with Gasteiger partial charge in [0.1, 0.15) is 5.52 Å². The van der Waals surface area contributed by atoms with Gasteiger partial charge in [0.25, 0.3) is 0 Å². The summed E-state index contributed by atoms with van der Waals surface area (Å²) >= 11 is 0. The zero-order valence-corrected chi connectivity index (χ0v) is 30.1. The Morgan fingerprint density at radius 3 is 1.78 bits per heavy atom. The van der Waals surface area contributed by atoms with Gasteiger partial charge in [0.05, 0.1) is 11.0 Å². The van der Waals surface area contributed by atoms with Gasteiger partial charge >= 0.3 is 0 Å². The van der Waals surface area contributed by atoms with Gasteiger partial charge in [0.2, 0.25) is 5.89 Å². The summed E-state index contributed by atoms with van der Waals surface area (Å²) in [4.78, 5) is 4.86. The molecule has 0 aliphatic carbocycles. The van der Waals surface area contributed by atoms with E-state index in [1.54, 1.807) is 0 Å². The van der Waals surface area contributed by atoms with E-state index < -0.39 is 0 Å². The summed E-state index contributed by atoms with van der Waals surface area (Å²) in [6.07, 6.45) is 0. The summed E-state index contributed by atoms with van der Waals surface area (Å²) in [6, 6.07) is 65.1. The third-order valence-corrected chi connectivity index (χ3v) is 10.7. The molecule has 0 fully saturated rings. The van der Waals surface area contributed by atoms with E-state index in [0.29, 0.717) is 5.89 Å². The van der Waals surface area contributed by atoms with Gasteiger partial charge in [-0.05, 0) is 119 Å². The average molecular weight is 693 g/mol. The molecule has 0 N–H and O–H groups in total. The number of fused-ring (bicyclic) bond motifs is 4. The number of hydrogen-bond acceptors (Lipinski definition) is 2. The molecule has 2 aromatic heterocycles. The molecule has 0 saturated heterocycles. The van der Waals surface area contributed by atoms with Crippen molar-refractivity contribution in [2.24, 2.45) is 0 Å². The van der Waals surface area contributed by atoms with Crippen LogP contribution in [0.2, 0.25) is 0 Å². The lowest BCUT2D eigenvalue weighted by Crippen LogP contribution is -1.93. The molecule has 54 heavy (non-hydrogen) atoms. The smallest absolute Gasteiger partial charge is 0.227 e. The number of para-hydroxylation sites is 2. The average Bonchev–Trinajstić information content (AvgIpc) is 3.80. The monoisotopic (exact) mass is 692 g/mol. The van der Waals surface area contributed by atoms with Crippen LogP contribution in [0.5, 0.6) is 0 Å². The number of aromatic nitrogens is 2. The van der Waals surface area contributed by atoms with Crippen LogP contribution >= 0.6 is 0 Å². The first kappa shape index (κ1) is 31.7. The molecule has 0 amide bonds. The lowest BCUT2D eigenvalue weighted by molar-refractivity contribution is 0.620. The summed E-state index contributed by atoms with van der Waals surface area (Å²) < 4.78 is 8.72. The Balaban J connectivity index is 1.01. The number of hydrogen-bond donors (Lipinski definition) is 0. The Morgan fingerprint density at radius 2 is 1.02 bits per heavy atom. The predicted octanol–water partition coefficient (Wildman–Crippen LogP) is 13.9. The minimum absolute atomic E-state index is 0.622. The maximum absolute atomic E-state index is 6.35. The Hall–Kier alpha value is -6.97. The first-order chi connectivity index (χ1) is 26.6. The van der Waals surface area contributed by atoms with Crippen LogP contribution in [0.1, 0.15) is 11.1 Å². The maximum atomic E-state index is 6.35. The summed E-state index contributed by atoms with van der Waals surface area (Å²) in [5, 5.41) is 2.49. The molecule has 0 atom stereocenters. The van der Waals surface area contributed by atoms with Crippen LogP contribution in [0.4, 0.5) is 0 Å². The summed E-state index contributed by atoms with van der Waals surface area (Å²) in [5.41, 5.74) is 18.1. The van der Waals surface area contributed by atoms with Crippen LogP contribution in [0.15, 0.2) is 186 Å². The molecule has 256 valence electrons. The number of rotatable bonds is 6. The minimum atomic E-state index is 0.622. The van der Waals surface area contributed by atoms with E-state index >= 15 is 0 Å². The Morgan fingerprint density at radius 1 is 0.426 bits per heavy atom. The Labute approximate surface area is 314 Å². The molecule has 0 spiro atoms. The molecule has 2 heterocycles. The lowest BCUT2D eigenvalue weighted by Gasteiger charge is -2.15. The van der Waals surface area contributed by atoms with Crippen LogP contribution in [0, 0.1) is 13.8 Å². The first-order valence-corrected chi connectivity index (χ1v) is 18.5. The van der Waals surface area contributed by atoms with Crippen LogP contribution in [-0.2, 0) is 0 Å². The lowest BCUT2D eigenvalue weighted by atomic mass is 9.89. The molecule has 0 bridgehead atoms. The second-order valence-corrected chi connectivity index (χ2v) is 14.1. The van der Waals surface area contributed by atoms with Gasteiger partial charge in [-0.2, -0.15) is 0 Å². The second kappa shape index (κ2) is 12.9. The van der Waals surface area contributed by atoms with E-state index in [1.165, 1.54) is 66.3 Å². The van der Waals surface area contributed by atoms with Gasteiger partial charge in [0.15, 0.2) is 5.58 Å². The molecule has 0 saturated carbocycles. The second-order valence-electron chi connectivity index (χ2n) is 14.1. The minimum Gasteiger partial charge on any atom is -0.436 e. The third-order valence-electron chi connectivity index (χ3n) is 10.7. The van der Waals surface area contributed by atoms with Crippen molar-refractivity contribution >= 4 is 32.9 Å². The van der Waals surface area contributed by atoms with E-state index in [1.807, 2.05) is 0 Å². The van der Waals surface area contributed by atoms with Crippen molar-refractivity contribution in [1.82, 2.24) is 9.55 Å². The molecule has 3 nitrogen and oxygen atoms in total. The van der Waals surface area contributed by atoms with Gasteiger partial charge in [-0.3, -0.25) is 0 Å². The van der Waals surface area contributed by atoms with Crippen molar-refractivity contribution in [2.45, 2.75) is 13.8 Å². The SMILES string of the molecule is Cc1ccc(-c2ccc3nc(-c4ccc(-c5ccccc5-c5ccccc5-c5ccc6c(c5)c5ccccc5n6-c5ccccc5)cc4)oc3c2)c(C)c1. The van der Waals surface area contributed by atoms with Crippen molar-refractivity contribution in [3.63, 3.8) is 0 Å². The highest BCUT2D eigenvalue weighted by Crippen LogP contribution is 2.41. The Kier molecular flexibility index (Phi) is 7.59. The summed E-state index contributed by atoms with van der Waals surface area (Å²) in [7, 11) is 0. The third kappa shape index (κ3) is 5.41. The van der Waals surface area contributed by atoms with Crippen LogP contribution in [0.25, 0.3) is 94.6 Å². The highest BCUT2D eigenvalue weighted by Gasteiger charge is 2.17. The fourth-order valence-electron chi connectivity index (χ4n) is 8.08. The van der Waals surface area contributed by atoms with E-state index in [4.69, 9.17) is 9.40 Å². The van der Waals surface area contributed by atoms with Crippen molar-refractivity contribution in [2.75, 3.05) is 0 Å². The number of oxazole rings is 1. The van der Waals surface area contributed by atoms with Crippen molar-refractivity contribution in [3.8, 4) is 61.6 Å². The van der Waals surface area contributed by atoms with Crippen LogP contribution < -0.4 is 0 Å². The molecular formula is C51H36N2O. The van der Waals surface area contributed by atoms with E-state index in [0.717, 1.165) is 33.5 Å². The van der Waals surface area contributed by atoms with Gasteiger partial charge in [0, 0.05) is 22.0 Å². The molecule has 0 unspecified atom stereocenters. The zero-order chi connectivity index (χ0) is 36.2. The van der Waals surface area contributed by atoms with Crippen molar-refractivity contribution in [3.05, 3.63) is 193 Å². The van der Waals surface area contributed by atoms with Gasteiger partial charge in [-0.15, -0.1) is 0 Å². The molecule has 10 rings (SSSR count). The number of benzene rings is 8. The first-order valence-electron chi connectivity index (χ1n) is 18.5. The molecule has 8 aromatic carbocycles. The van der Waals surface area contributed by atoms with Crippen molar-refractivity contribution < 1.29 is 4.42 Å². The van der Waals surface area contributed by atoms with E-state index in [2.05, 4.69) is 200 Å². The maximum Gasteiger partial charge on any atom is 0.227 e. The number of aryl methyl sites for hydroxylation is 2. The fraction of sp³-hybridized carbons (Fsp3) is 0.0392. The van der Waals surface area contributed by atoms with Crippen LogP contribution in [0.3, 0.4) is 0 Å². The molecular weight excluding hydrogens is 657 g/mol. The quantitative estimate of drug-likeness (QED) is 0.174. The van der Waals surface area contributed by atoms with Gasteiger partial charge in [-0.25, -0.2) is 4.98 Å². The van der Waals surface area contributed by atoms with E-state index in [-0.39, 0.29) is 0 Å². The normalized spacial score (nSPS) is 11.5. The Bertz CT molecular complexity index is 3000. The molecule has 0 radical (unpaired) electrons. The molecule has 3 heteroatoms. The molecule has 0 aliphatic rings. The standard InChI is InChI=1S/C51H36N2O/c1-33-20-27-40(34(2)30-33)38-25-28-47-50(32-38)54-51(52-47)36-23-21-35(22-24-36)41-14-6-8-16-43(41)44-17-9-7-15-42(44)37-26-29-49-46(31-37)45-18-10-11-19-48(45)53(49)39-12-4-3-5-13-39/h3-32H,1-2H3. The molecule has 10 aromatic rings.